The number of carbonyl (C=O) groups is 1. The van der Waals surface area contributed by atoms with Crippen LogP contribution in [0.25, 0.3) is 0 Å². The highest BCUT2D eigenvalue weighted by molar-refractivity contribution is 14.1. The quantitative estimate of drug-likeness (QED) is 0.465. The maximum atomic E-state index is 12.1. The van der Waals surface area contributed by atoms with Crippen LogP contribution in [0.4, 0.5) is 0 Å². The highest BCUT2D eigenvalue weighted by Gasteiger charge is 2.17. The summed E-state index contributed by atoms with van der Waals surface area (Å²) in [4.78, 5) is 11.0. The number of carboxylic acids is 1. The van der Waals surface area contributed by atoms with Gasteiger partial charge in [-0.3, -0.25) is 0 Å². The molecule has 0 amide bonds. The van der Waals surface area contributed by atoms with E-state index in [2.05, 4.69) is 4.72 Å². The molecular weight excluding hydrogens is 409 g/mol. The van der Waals surface area contributed by atoms with Gasteiger partial charge in [0, 0.05) is 23.3 Å². The summed E-state index contributed by atoms with van der Waals surface area (Å²) in [7, 11) is -3.70. The molecule has 118 valence electrons. The summed E-state index contributed by atoms with van der Waals surface area (Å²) in [6.45, 7) is 3.40. The number of carboxylic acid groups (broad SMARTS) is 1. The number of benzene rings is 1. The van der Waals surface area contributed by atoms with Crippen molar-refractivity contribution >= 4 is 38.6 Å². The van der Waals surface area contributed by atoms with Crippen molar-refractivity contribution in [1.82, 2.24) is 4.72 Å². The van der Waals surface area contributed by atoms with Gasteiger partial charge in [-0.05, 0) is 53.6 Å². The molecular formula is C13H18INO5S. The number of hydrogen-bond donors (Lipinski definition) is 2. The second kappa shape index (κ2) is 8.66. The van der Waals surface area contributed by atoms with Gasteiger partial charge in [-0.25, -0.2) is 17.9 Å². The van der Waals surface area contributed by atoms with Crippen LogP contribution in [0.1, 0.15) is 30.1 Å². The molecule has 0 atom stereocenters. The predicted molar refractivity (Wildman–Crippen MR) is 87.0 cm³/mol. The second-order valence-corrected chi connectivity index (χ2v) is 7.24. The largest absolute Gasteiger partial charge is 0.478 e. The van der Waals surface area contributed by atoms with Gasteiger partial charge in [-0.15, -0.1) is 0 Å². The zero-order valence-corrected chi connectivity index (χ0v) is 14.6. The Morgan fingerprint density at radius 3 is 2.71 bits per heavy atom. The first-order valence-electron chi connectivity index (χ1n) is 6.48. The van der Waals surface area contributed by atoms with Gasteiger partial charge >= 0.3 is 5.97 Å². The van der Waals surface area contributed by atoms with Crippen molar-refractivity contribution in [3.63, 3.8) is 0 Å². The van der Waals surface area contributed by atoms with E-state index in [1.807, 2.05) is 29.5 Å². The van der Waals surface area contributed by atoms with Crippen molar-refractivity contribution in [2.75, 3.05) is 19.8 Å². The average Bonchev–Trinajstić information content (AvgIpc) is 2.42. The third kappa shape index (κ3) is 5.89. The number of nitrogens with one attached hydrogen (secondary N) is 1. The maximum Gasteiger partial charge on any atom is 0.336 e. The average molecular weight is 427 g/mol. The SMILES string of the molecule is CCCOCCCNS(=O)(=O)c1ccc(I)c(C(=O)O)c1. The van der Waals surface area contributed by atoms with Crippen LogP contribution in [-0.2, 0) is 14.8 Å². The molecule has 0 saturated carbocycles. The molecule has 0 saturated heterocycles. The van der Waals surface area contributed by atoms with Gasteiger partial charge in [-0.1, -0.05) is 6.92 Å². The summed E-state index contributed by atoms with van der Waals surface area (Å²) in [5.41, 5.74) is -0.0234. The fraction of sp³-hybridized carbons (Fsp3) is 0.462. The molecule has 0 spiro atoms. The normalized spacial score (nSPS) is 11.5. The topological polar surface area (TPSA) is 92.7 Å². The first-order valence-corrected chi connectivity index (χ1v) is 9.05. The predicted octanol–water partition coefficient (Wildman–Crippen LogP) is 2.08. The van der Waals surface area contributed by atoms with E-state index in [1.54, 1.807) is 0 Å². The van der Waals surface area contributed by atoms with E-state index in [4.69, 9.17) is 9.84 Å². The number of rotatable bonds is 9. The smallest absolute Gasteiger partial charge is 0.336 e. The van der Waals surface area contributed by atoms with Gasteiger partial charge in [0.25, 0.3) is 0 Å². The van der Waals surface area contributed by atoms with Crippen molar-refractivity contribution in [3.8, 4) is 0 Å². The van der Waals surface area contributed by atoms with Crippen molar-refractivity contribution in [2.24, 2.45) is 0 Å². The molecule has 0 aliphatic heterocycles. The lowest BCUT2D eigenvalue weighted by atomic mass is 10.2. The van der Waals surface area contributed by atoms with Gasteiger partial charge < -0.3 is 9.84 Å². The summed E-state index contributed by atoms with van der Waals surface area (Å²) in [6, 6.07) is 4.03. The van der Waals surface area contributed by atoms with Gasteiger partial charge in [0.1, 0.15) is 0 Å². The second-order valence-electron chi connectivity index (χ2n) is 4.31. The Bertz CT molecular complexity index is 588. The minimum atomic E-state index is -3.70. The molecule has 1 aromatic rings. The Morgan fingerprint density at radius 1 is 1.38 bits per heavy atom. The highest BCUT2D eigenvalue weighted by Crippen LogP contribution is 2.18. The lowest BCUT2D eigenvalue weighted by Gasteiger charge is -2.08. The van der Waals surface area contributed by atoms with Crippen LogP contribution in [0, 0.1) is 3.57 Å². The Morgan fingerprint density at radius 2 is 2.10 bits per heavy atom. The van der Waals surface area contributed by atoms with E-state index >= 15 is 0 Å². The summed E-state index contributed by atoms with van der Waals surface area (Å²) >= 11 is 1.86. The van der Waals surface area contributed by atoms with E-state index in [0.29, 0.717) is 23.2 Å². The summed E-state index contributed by atoms with van der Waals surface area (Å²) in [5.74, 6) is -1.15. The molecule has 0 aliphatic carbocycles. The minimum Gasteiger partial charge on any atom is -0.478 e. The van der Waals surface area contributed by atoms with Gasteiger partial charge in [0.05, 0.1) is 10.5 Å². The minimum absolute atomic E-state index is 0.0234. The third-order valence-electron chi connectivity index (χ3n) is 2.58. The third-order valence-corrected chi connectivity index (χ3v) is 4.98. The molecule has 21 heavy (non-hydrogen) atoms. The molecule has 2 N–H and O–H groups in total. The van der Waals surface area contributed by atoms with Crippen LogP contribution in [0.3, 0.4) is 0 Å². The molecule has 0 aliphatic rings. The lowest BCUT2D eigenvalue weighted by molar-refractivity contribution is 0.0695. The Kier molecular flexibility index (Phi) is 7.57. The molecule has 0 unspecified atom stereocenters. The zero-order valence-electron chi connectivity index (χ0n) is 11.6. The van der Waals surface area contributed by atoms with Gasteiger partial charge in [0.2, 0.25) is 10.0 Å². The molecule has 0 radical (unpaired) electrons. The van der Waals surface area contributed by atoms with Crippen LogP contribution >= 0.6 is 22.6 Å². The monoisotopic (exact) mass is 427 g/mol. The number of sulfonamides is 1. The zero-order chi connectivity index (χ0) is 15.9. The van der Waals surface area contributed by atoms with E-state index < -0.39 is 16.0 Å². The van der Waals surface area contributed by atoms with E-state index in [0.717, 1.165) is 6.42 Å². The number of hydrogen-bond acceptors (Lipinski definition) is 4. The van der Waals surface area contributed by atoms with Gasteiger partial charge in [-0.2, -0.15) is 0 Å². The van der Waals surface area contributed by atoms with E-state index in [-0.39, 0.29) is 17.0 Å². The van der Waals surface area contributed by atoms with Crippen LogP contribution in [0.15, 0.2) is 23.1 Å². The molecule has 0 bridgehead atoms. The van der Waals surface area contributed by atoms with Crippen molar-refractivity contribution in [1.29, 1.82) is 0 Å². The molecule has 0 aromatic heterocycles. The van der Waals surface area contributed by atoms with Crippen LogP contribution in [0.2, 0.25) is 0 Å². The Hall–Kier alpha value is -0.710. The first-order chi connectivity index (χ1) is 9.88. The van der Waals surface area contributed by atoms with Crippen LogP contribution in [0.5, 0.6) is 0 Å². The Labute approximate surface area is 138 Å². The molecule has 0 heterocycles. The Balaban J connectivity index is 2.66. The van der Waals surface area contributed by atoms with Crippen LogP contribution < -0.4 is 4.72 Å². The van der Waals surface area contributed by atoms with E-state index in [9.17, 15) is 13.2 Å². The highest BCUT2D eigenvalue weighted by atomic mass is 127. The van der Waals surface area contributed by atoms with Crippen molar-refractivity contribution in [3.05, 3.63) is 27.3 Å². The van der Waals surface area contributed by atoms with Crippen molar-refractivity contribution in [2.45, 2.75) is 24.7 Å². The standard InChI is InChI=1S/C13H18INO5S/c1-2-7-20-8-3-6-15-21(18,19)10-4-5-12(14)11(9-10)13(16)17/h4-5,9,15H,2-3,6-8H2,1H3,(H,16,17). The molecule has 1 aromatic carbocycles. The fourth-order valence-electron chi connectivity index (χ4n) is 1.55. The number of halogens is 1. The number of aromatic carboxylic acids is 1. The number of ether oxygens (including phenoxy) is 1. The summed E-state index contributed by atoms with van der Waals surface area (Å²) < 4.78 is 32.3. The first kappa shape index (κ1) is 18.3. The summed E-state index contributed by atoms with van der Waals surface area (Å²) in [5, 5.41) is 9.02. The summed E-state index contributed by atoms with van der Waals surface area (Å²) in [6.07, 6.45) is 1.49. The molecule has 8 heteroatoms. The lowest BCUT2D eigenvalue weighted by Crippen LogP contribution is -2.26. The van der Waals surface area contributed by atoms with E-state index in [1.165, 1.54) is 18.2 Å². The van der Waals surface area contributed by atoms with Crippen LogP contribution in [-0.4, -0.2) is 39.3 Å². The molecule has 6 nitrogen and oxygen atoms in total. The van der Waals surface area contributed by atoms with Gasteiger partial charge in [0.15, 0.2) is 0 Å². The molecule has 1 rings (SSSR count). The molecule has 0 fully saturated rings. The maximum absolute atomic E-state index is 12.1. The van der Waals surface area contributed by atoms with Crippen molar-refractivity contribution < 1.29 is 23.1 Å². The fourth-order valence-corrected chi connectivity index (χ4v) is 3.21.